The molecule has 3 heteroatoms. The van der Waals surface area contributed by atoms with Gasteiger partial charge in [0.15, 0.2) is 0 Å². The maximum absolute atomic E-state index is 6.10. The summed E-state index contributed by atoms with van der Waals surface area (Å²) in [7, 11) is 2.16. The summed E-state index contributed by atoms with van der Waals surface area (Å²) in [6.07, 6.45) is 6.79. The SMILES string of the molecule is CCO[C](=[W])C(=C/C=C1/N(C)c2ccccc2C1(C)C)/C(=C/c1ccccc1)c1ccccc1. The number of ether oxygens (including phenoxy) is 1. The third-order valence-corrected chi connectivity index (χ3v) is 7.54. The van der Waals surface area contributed by atoms with E-state index in [1.54, 1.807) is 0 Å². The third kappa shape index (κ3) is 4.99. The summed E-state index contributed by atoms with van der Waals surface area (Å²) in [6.45, 7) is 7.30. The molecule has 0 amide bonds. The van der Waals surface area contributed by atoms with Gasteiger partial charge in [0, 0.05) is 0 Å². The molecule has 1 heterocycles. The summed E-state index contributed by atoms with van der Waals surface area (Å²) in [5.41, 5.74) is 8.47. The summed E-state index contributed by atoms with van der Waals surface area (Å²) in [5.74, 6) is 0. The molecule has 0 spiro atoms. The molecule has 0 bridgehead atoms. The van der Waals surface area contributed by atoms with Crippen molar-refractivity contribution < 1.29 is 24.1 Å². The van der Waals surface area contributed by atoms with E-state index < -0.39 is 0 Å². The molecule has 0 aromatic heterocycles. The molecule has 0 atom stereocenters. The number of para-hydroxylation sites is 1. The van der Waals surface area contributed by atoms with Crippen molar-refractivity contribution in [3.05, 3.63) is 125 Å². The van der Waals surface area contributed by atoms with Crippen molar-refractivity contribution in [3.63, 3.8) is 0 Å². The molecule has 34 heavy (non-hydrogen) atoms. The molecule has 0 saturated heterocycles. The predicted molar refractivity (Wildman–Crippen MR) is 141 cm³/mol. The second-order valence-corrected chi connectivity index (χ2v) is 10.2. The minimum absolute atomic E-state index is 0.0740. The fourth-order valence-corrected chi connectivity index (χ4v) is 5.65. The van der Waals surface area contributed by atoms with Gasteiger partial charge in [-0.05, 0) is 0 Å². The van der Waals surface area contributed by atoms with Crippen molar-refractivity contribution in [3.8, 4) is 0 Å². The van der Waals surface area contributed by atoms with Gasteiger partial charge in [0.25, 0.3) is 0 Å². The number of benzene rings is 3. The van der Waals surface area contributed by atoms with Crippen LogP contribution in [-0.4, -0.2) is 17.7 Å². The first-order valence-electron chi connectivity index (χ1n) is 11.7. The number of allylic oxidation sites excluding steroid dienone is 3. The van der Waals surface area contributed by atoms with E-state index in [0.29, 0.717) is 6.61 Å². The molecular formula is C31H31NOW. The fourth-order valence-electron chi connectivity index (χ4n) is 4.59. The first kappa shape index (κ1) is 24.3. The van der Waals surface area contributed by atoms with E-state index in [1.807, 2.05) is 6.92 Å². The quantitative estimate of drug-likeness (QED) is 0.206. The molecule has 0 saturated carbocycles. The molecule has 0 fully saturated rings. The Morgan fingerprint density at radius 3 is 2.18 bits per heavy atom. The van der Waals surface area contributed by atoms with Gasteiger partial charge in [0.1, 0.15) is 0 Å². The molecule has 3 aromatic rings. The standard InChI is InChI=1S/C31H31NO.W/c1-5-33-23-26(20-21-30-31(2,3)28-18-12-13-19-29(28)32(30)4)27(25-16-10-7-11-17-25)22-24-14-8-6-9-15-24;/h6-22H,5H2,1-4H3;/b26-20-,27-22+,30-21+;. The monoisotopic (exact) mass is 617 g/mol. The van der Waals surface area contributed by atoms with Crippen molar-refractivity contribution in [1.82, 2.24) is 0 Å². The zero-order valence-corrected chi connectivity index (χ0v) is 23.2. The van der Waals surface area contributed by atoms with Crippen LogP contribution < -0.4 is 4.90 Å². The summed E-state index contributed by atoms with van der Waals surface area (Å²) < 4.78 is 7.10. The number of fused-ring (bicyclic) bond motifs is 1. The van der Waals surface area contributed by atoms with Crippen molar-refractivity contribution in [2.75, 3.05) is 18.6 Å². The van der Waals surface area contributed by atoms with Crippen LogP contribution in [0.1, 0.15) is 37.5 Å². The van der Waals surface area contributed by atoms with Gasteiger partial charge in [-0.2, -0.15) is 0 Å². The topological polar surface area (TPSA) is 12.5 Å². The van der Waals surface area contributed by atoms with E-state index in [-0.39, 0.29) is 5.41 Å². The van der Waals surface area contributed by atoms with Gasteiger partial charge in [-0.25, -0.2) is 0 Å². The van der Waals surface area contributed by atoms with E-state index in [2.05, 4.69) is 129 Å². The number of likely N-dealkylation sites (N-methyl/N-ethyl adjacent to an activating group) is 1. The number of rotatable bonds is 7. The van der Waals surface area contributed by atoms with Crippen LogP contribution in [0, 0.1) is 0 Å². The fraction of sp³-hybridized carbons (Fsp3) is 0.194. The number of hydrogen-bond acceptors (Lipinski definition) is 2. The van der Waals surface area contributed by atoms with Crippen LogP contribution in [0.4, 0.5) is 5.69 Å². The third-order valence-electron chi connectivity index (χ3n) is 6.33. The second-order valence-electron chi connectivity index (χ2n) is 8.89. The second kappa shape index (κ2) is 10.6. The van der Waals surface area contributed by atoms with Crippen LogP contribution >= 0.6 is 0 Å². The Labute approximate surface area is 214 Å². The molecule has 4 rings (SSSR count). The average molecular weight is 617 g/mol. The van der Waals surface area contributed by atoms with Crippen molar-refractivity contribution in [2.24, 2.45) is 0 Å². The Bertz CT molecular complexity index is 1250. The normalized spacial score (nSPS) is 16.6. The van der Waals surface area contributed by atoms with Crippen LogP contribution in [-0.2, 0) is 29.5 Å². The molecule has 3 aromatic carbocycles. The number of nitrogens with zero attached hydrogens (tertiary/aromatic N) is 1. The van der Waals surface area contributed by atoms with E-state index in [9.17, 15) is 0 Å². The Kier molecular flexibility index (Phi) is 7.61. The Morgan fingerprint density at radius 1 is 0.912 bits per heavy atom. The Morgan fingerprint density at radius 2 is 1.53 bits per heavy atom. The van der Waals surface area contributed by atoms with Gasteiger partial charge in [-0.15, -0.1) is 0 Å². The number of anilines is 1. The van der Waals surface area contributed by atoms with E-state index in [0.717, 1.165) is 15.2 Å². The maximum atomic E-state index is 6.10. The number of hydrogen-bond donors (Lipinski definition) is 0. The molecule has 1 aliphatic heterocycles. The summed E-state index contributed by atoms with van der Waals surface area (Å²) in [5, 5.41) is 0. The van der Waals surface area contributed by atoms with Crippen molar-refractivity contribution >= 4 is 21.4 Å². The molecule has 0 unspecified atom stereocenters. The van der Waals surface area contributed by atoms with Gasteiger partial charge in [-0.1, -0.05) is 0 Å². The molecule has 0 N–H and O–H groups in total. The summed E-state index contributed by atoms with van der Waals surface area (Å²) in [4.78, 5) is 2.31. The van der Waals surface area contributed by atoms with Gasteiger partial charge in [-0.3, -0.25) is 0 Å². The van der Waals surface area contributed by atoms with Crippen LogP contribution in [0.3, 0.4) is 0 Å². The summed E-state index contributed by atoms with van der Waals surface area (Å²) >= 11 is 1.32. The van der Waals surface area contributed by atoms with Gasteiger partial charge in [0.05, 0.1) is 0 Å². The van der Waals surface area contributed by atoms with Crippen LogP contribution in [0.5, 0.6) is 0 Å². The molecule has 0 aliphatic carbocycles. The van der Waals surface area contributed by atoms with E-state index in [4.69, 9.17) is 4.74 Å². The Hall–Kier alpha value is -2.80. The predicted octanol–water partition coefficient (Wildman–Crippen LogP) is 7.18. The molecular weight excluding hydrogens is 586 g/mol. The van der Waals surface area contributed by atoms with Crippen LogP contribution in [0.25, 0.3) is 11.6 Å². The van der Waals surface area contributed by atoms with Crippen molar-refractivity contribution in [1.29, 1.82) is 0 Å². The Balaban J connectivity index is 1.87. The van der Waals surface area contributed by atoms with E-state index in [1.165, 1.54) is 47.4 Å². The molecule has 2 nitrogen and oxygen atoms in total. The van der Waals surface area contributed by atoms with Crippen LogP contribution in [0.2, 0.25) is 0 Å². The molecule has 0 radical (unpaired) electrons. The van der Waals surface area contributed by atoms with Gasteiger partial charge < -0.3 is 0 Å². The van der Waals surface area contributed by atoms with E-state index >= 15 is 0 Å². The zero-order chi connectivity index (χ0) is 24.1. The molecule has 172 valence electrons. The zero-order valence-electron chi connectivity index (χ0n) is 20.3. The minimum atomic E-state index is -0.0740. The average Bonchev–Trinajstić information content (AvgIpc) is 3.05. The first-order chi connectivity index (χ1) is 16.4. The molecule has 1 aliphatic rings. The van der Waals surface area contributed by atoms with Crippen LogP contribution in [0.15, 0.2) is 108 Å². The van der Waals surface area contributed by atoms with Crippen molar-refractivity contribution in [2.45, 2.75) is 26.2 Å². The van der Waals surface area contributed by atoms with Gasteiger partial charge in [0.2, 0.25) is 0 Å². The first-order valence-corrected chi connectivity index (χ1v) is 13.2. The van der Waals surface area contributed by atoms with Gasteiger partial charge >= 0.3 is 215 Å². The summed E-state index contributed by atoms with van der Waals surface area (Å²) in [6, 6.07) is 29.8.